The van der Waals surface area contributed by atoms with Gasteiger partial charge in [-0.05, 0) is 77.6 Å². The van der Waals surface area contributed by atoms with E-state index in [1.54, 1.807) is 46.6 Å². The summed E-state index contributed by atoms with van der Waals surface area (Å²) in [4.78, 5) is 23.3. The molecule has 0 unspecified atom stereocenters. The number of benzene rings is 1. The van der Waals surface area contributed by atoms with Crippen LogP contribution in [0.4, 0.5) is 19.0 Å². The number of halogens is 3. The predicted octanol–water partition coefficient (Wildman–Crippen LogP) is 5.67. The van der Waals surface area contributed by atoms with Crippen molar-refractivity contribution in [3.63, 3.8) is 0 Å². The van der Waals surface area contributed by atoms with Crippen molar-refractivity contribution in [3.8, 4) is 35.0 Å². The zero-order chi connectivity index (χ0) is 27.6. The maximum absolute atomic E-state index is 12.6. The summed E-state index contributed by atoms with van der Waals surface area (Å²) in [6, 6.07) is 10.6. The van der Waals surface area contributed by atoms with Crippen LogP contribution in [-0.4, -0.2) is 34.9 Å². The second-order valence-electron chi connectivity index (χ2n) is 10.1. The van der Waals surface area contributed by atoms with Crippen molar-refractivity contribution in [2.75, 3.05) is 11.9 Å². The Hall–Kier alpha value is -3.79. The lowest BCUT2D eigenvalue weighted by atomic mass is 9.61. The van der Waals surface area contributed by atoms with E-state index in [9.17, 15) is 23.2 Å². The molecule has 7 nitrogen and oxygen atoms in total. The molecule has 0 amide bonds. The van der Waals surface area contributed by atoms with Crippen molar-refractivity contribution in [2.24, 2.45) is 5.92 Å². The van der Waals surface area contributed by atoms with Crippen LogP contribution in [0.1, 0.15) is 58.3 Å². The van der Waals surface area contributed by atoms with Crippen molar-refractivity contribution >= 4 is 11.8 Å². The number of nitriles is 1. The van der Waals surface area contributed by atoms with Crippen LogP contribution in [0.5, 0.6) is 5.75 Å². The second-order valence-corrected chi connectivity index (χ2v) is 10.1. The van der Waals surface area contributed by atoms with Crippen LogP contribution in [0.25, 0.3) is 11.3 Å². The van der Waals surface area contributed by atoms with Crippen LogP contribution in [0.2, 0.25) is 0 Å². The number of esters is 1. The molecular formula is C27H29F3N4O3. The Kier molecular flexibility index (Phi) is 7.73. The third kappa shape index (κ3) is 6.71. The van der Waals surface area contributed by atoms with E-state index in [-0.39, 0.29) is 29.9 Å². The molecule has 0 saturated heterocycles. The van der Waals surface area contributed by atoms with Crippen LogP contribution in [-0.2, 0) is 14.9 Å². The smallest absolute Gasteiger partial charge is 0.460 e. The molecule has 196 valence electrons. The highest BCUT2D eigenvalue weighted by Crippen LogP contribution is 2.49. The van der Waals surface area contributed by atoms with E-state index in [4.69, 9.17) is 9.72 Å². The summed E-state index contributed by atoms with van der Waals surface area (Å²) in [5.74, 6) is 2.84. The first-order valence-corrected chi connectivity index (χ1v) is 11.7. The fourth-order valence-corrected chi connectivity index (χ4v) is 4.37. The number of rotatable bonds is 6. The predicted molar refractivity (Wildman–Crippen MR) is 131 cm³/mol. The molecule has 1 fully saturated rings. The number of alkyl halides is 3. The third-order valence-electron chi connectivity index (χ3n) is 5.87. The van der Waals surface area contributed by atoms with Gasteiger partial charge in [-0.2, -0.15) is 5.26 Å². The molecule has 2 aromatic rings. The fourth-order valence-electron chi connectivity index (χ4n) is 4.37. The standard InChI is InChI=1S/C27H29F3N4O3/c1-7-12-34(6)23-17(2)22(19-8-10-20(11-9-19)36-27(28,29)30)32-24(33-23)26(16-31)14-18(15-26)13-21(35)37-25(3,4)5/h8-11,18H,13-15H2,1-6H3. The number of hydrogen-bond donors (Lipinski definition) is 0. The highest BCUT2D eigenvalue weighted by molar-refractivity contribution is 5.71. The van der Waals surface area contributed by atoms with Gasteiger partial charge in [-0.25, -0.2) is 9.97 Å². The van der Waals surface area contributed by atoms with Gasteiger partial charge in [0.15, 0.2) is 5.82 Å². The van der Waals surface area contributed by atoms with Crippen LogP contribution >= 0.6 is 0 Å². The summed E-state index contributed by atoms with van der Waals surface area (Å²) >= 11 is 0. The summed E-state index contributed by atoms with van der Waals surface area (Å²) in [5.41, 5.74) is 0.0454. The van der Waals surface area contributed by atoms with Crippen LogP contribution in [0, 0.1) is 36.1 Å². The Morgan fingerprint density at radius 1 is 1.19 bits per heavy atom. The molecule has 10 heteroatoms. The maximum atomic E-state index is 12.6. The quantitative estimate of drug-likeness (QED) is 0.279. The summed E-state index contributed by atoms with van der Waals surface area (Å²) in [6.45, 7) is 8.86. The van der Waals surface area contributed by atoms with Gasteiger partial charge >= 0.3 is 12.3 Å². The number of hydrogen-bond acceptors (Lipinski definition) is 7. The molecule has 1 aliphatic rings. The third-order valence-corrected chi connectivity index (χ3v) is 5.87. The molecule has 0 atom stereocenters. The minimum absolute atomic E-state index is 0.0572. The Labute approximate surface area is 214 Å². The van der Waals surface area contributed by atoms with E-state index >= 15 is 0 Å². The first-order chi connectivity index (χ1) is 17.2. The largest absolute Gasteiger partial charge is 0.573 e. The normalized spacial score (nSPS) is 19.1. The molecule has 0 aliphatic heterocycles. The van der Waals surface area contributed by atoms with E-state index in [1.807, 2.05) is 0 Å². The van der Waals surface area contributed by atoms with Crippen molar-refractivity contribution < 1.29 is 27.4 Å². The van der Waals surface area contributed by atoms with Gasteiger partial charge in [0, 0.05) is 30.6 Å². The molecule has 37 heavy (non-hydrogen) atoms. The number of anilines is 1. The number of carbonyl (C=O) groups excluding carboxylic acids is 1. The minimum Gasteiger partial charge on any atom is -0.460 e. The summed E-state index contributed by atoms with van der Waals surface area (Å²) in [6.07, 6.45) is -3.85. The van der Waals surface area contributed by atoms with Crippen LogP contribution < -0.4 is 9.64 Å². The molecular weight excluding hydrogens is 485 g/mol. The monoisotopic (exact) mass is 514 g/mol. The molecule has 1 heterocycles. The van der Waals surface area contributed by atoms with Gasteiger partial charge in [0.1, 0.15) is 22.6 Å². The zero-order valence-corrected chi connectivity index (χ0v) is 21.7. The molecule has 0 radical (unpaired) electrons. The lowest BCUT2D eigenvalue weighted by molar-refractivity contribution is -0.274. The van der Waals surface area contributed by atoms with Crippen molar-refractivity contribution in [2.45, 2.75) is 71.3 Å². The van der Waals surface area contributed by atoms with E-state index < -0.39 is 17.4 Å². The Balaban J connectivity index is 1.97. The lowest BCUT2D eigenvalue weighted by Crippen LogP contribution is -2.43. The zero-order valence-electron chi connectivity index (χ0n) is 21.7. The molecule has 1 aromatic heterocycles. The van der Waals surface area contributed by atoms with E-state index in [0.29, 0.717) is 35.5 Å². The Morgan fingerprint density at radius 2 is 1.81 bits per heavy atom. The molecule has 0 N–H and O–H groups in total. The molecule has 1 aromatic carbocycles. The first-order valence-electron chi connectivity index (χ1n) is 11.7. The molecule has 0 spiro atoms. The van der Waals surface area contributed by atoms with Gasteiger partial charge in [0.2, 0.25) is 0 Å². The molecule has 1 saturated carbocycles. The van der Waals surface area contributed by atoms with Crippen molar-refractivity contribution in [1.82, 2.24) is 9.97 Å². The van der Waals surface area contributed by atoms with Gasteiger partial charge in [0.05, 0.1) is 11.8 Å². The highest BCUT2D eigenvalue weighted by atomic mass is 19.4. The Bertz CT molecular complexity index is 1260. The van der Waals surface area contributed by atoms with Crippen molar-refractivity contribution in [3.05, 3.63) is 35.7 Å². The van der Waals surface area contributed by atoms with Gasteiger partial charge in [-0.15, -0.1) is 13.2 Å². The molecule has 1 aliphatic carbocycles. The Morgan fingerprint density at radius 3 is 2.32 bits per heavy atom. The minimum atomic E-state index is -4.80. The second kappa shape index (κ2) is 10.3. The highest BCUT2D eigenvalue weighted by Gasteiger charge is 2.50. The van der Waals surface area contributed by atoms with Crippen LogP contribution in [0.15, 0.2) is 24.3 Å². The SMILES string of the molecule is CC#CN(C)c1nc(C2(C#N)CC(CC(=O)OC(C)(C)C)C2)nc(-c2ccc(OC(F)(F)F)cc2)c1C. The molecule has 0 bridgehead atoms. The van der Waals surface area contributed by atoms with E-state index in [2.05, 4.69) is 27.8 Å². The topological polar surface area (TPSA) is 88.3 Å². The van der Waals surface area contributed by atoms with Crippen LogP contribution in [0.3, 0.4) is 0 Å². The summed E-state index contributed by atoms with van der Waals surface area (Å²) in [5, 5.41) is 10.1. The van der Waals surface area contributed by atoms with E-state index in [1.165, 1.54) is 24.3 Å². The fraction of sp³-hybridized carbons (Fsp3) is 0.481. The summed E-state index contributed by atoms with van der Waals surface area (Å²) < 4.78 is 47.1. The first kappa shape index (κ1) is 27.8. The van der Waals surface area contributed by atoms with Gasteiger partial charge in [0.25, 0.3) is 0 Å². The lowest BCUT2D eigenvalue weighted by Gasteiger charge is -2.41. The summed E-state index contributed by atoms with van der Waals surface area (Å²) in [7, 11) is 1.73. The number of aromatic nitrogens is 2. The van der Waals surface area contributed by atoms with Gasteiger partial charge in [-0.3, -0.25) is 9.69 Å². The average Bonchev–Trinajstić information content (AvgIpc) is 2.75. The van der Waals surface area contributed by atoms with Crippen molar-refractivity contribution in [1.29, 1.82) is 5.26 Å². The number of ether oxygens (including phenoxy) is 2. The number of carbonyl (C=O) groups is 1. The van der Waals surface area contributed by atoms with Gasteiger partial charge in [-0.1, -0.05) is 5.92 Å². The number of nitrogens with zero attached hydrogens (tertiary/aromatic N) is 4. The van der Waals surface area contributed by atoms with Gasteiger partial charge < -0.3 is 9.47 Å². The molecule has 3 rings (SSSR count). The van der Waals surface area contributed by atoms with E-state index in [0.717, 1.165) is 0 Å². The average molecular weight is 515 g/mol. The maximum Gasteiger partial charge on any atom is 0.573 e.